The van der Waals surface area contributed by atoms with Crippen LogP contribution in [-0.4, -0.2) is 6.30 Å². The zero-order valence-corrected chi connectivity index (χ0v) is 10.3. The van der Waals surface area contributed by atoms with E-state index in [1.165, 1.54) is 12.1 Å². The van der Waals surface area contributed by atoms with Crippen molar-refractivity contribution in [3.05, 3.63) is 71.8 Å². The fourth-order valence-electron chi connectivity index (χ4n) is 1.85. The molecule has 0 saturated carbocycles. The molecular weight excluding hydrogens is 246 g/mol. The molecule has 2 rings (SSSR count). The van der Waals surface area contributed by atoms with Crippen LogP contribution in [0.5, 0.6) is 0 Å². The number of halogens is 2. The molecule has 0 spiro atoms. The molecule has 0 bridgehead atoms. The van der Waals surface area contributed by atoms with Crippen LogP contribution in [0, 0.1) is 0 Å². The van der Waals surface area contributed by atoms with Gasteiger partial charge in [0, 0.05) is 12.1 Å². The van der Waals surface area contributed by atoms with Crippen LogP contribution in [0.4, 0.5) is 8.78 Å². The van der Waals surface area contributed by atoms with E-state index in [0.29, 0.717) is 0 Å². The number of rotatable bonds is 5. The van der Waals surface area contributed by atoms with Gasteiger partial charge in [0.1, 0.15) is 0 Å². The van der Waals surface area contributed by atoms with E-state index < -0.39 is 12.1 Å². The molecule has 0 amide bonds. The van der Waals surface area contributed by atoms with Gasteiger partial charge in [0.2, 0.25) is 12.1 Å². The lowest BCUT2D eigenvalue weighted by Crippen LogP contribution is -2.46. The SMILES string of the molecule is [NH]C(F)C(F)(NCc1ccccc1)c1ccccc1. The van der Waals surface area contributed by atoms with Crippen LogP contribution in [-0.2, 0) is 12.3 Å². The van der Waals surface area contributed by atoms with Crippen LogP contribution in [0.15, 0.2) is 60.7 Å². The molecular formula is C15H15F2N2. The molecule has 2 nitrogen and oxygen atoms in total. The van der Waals surface area contributed by atoms with Crippen molar-refractivity contribution >= 4 is 0 Å². The number of alkyl halides is 2. The average Bonchev–Trinajstić information content (AvgIpc) is 2.46. The molecule has 0 saturated heterocycles. The van der Waals surface area contributed by atoms with Crippen LogP contribution in [0.25, 0.3) is 0 Å². The molecule has 2 aromatic carbocycles. The molecule has 99 valence electrons. The standard InChI is InChI=1S/C15H15F2N2/c16-14(18)15(17,13-9-5-2-6-10-13)19-11-12-7-3-1-4-8-12/h1-10,14,18-19H,11H2. The molecule has 19 heavy (non-hydrogen) atoms. The Morgan fingerprint density at radius 3 is 2.05 bits per heavy atom. The van der Waals surface area contributed by atoms with Crippen molar-refractivity contribution in [2.24, 2.45) is 0 Å². The Hall–Kier alpha value is -1.78. The maximum absolute atomic E-state index is 14.7. The summed E-state index contributed by atoms with van der Waals surface area (Å²) in [6, 6.07) is 17.0. The summed E-state index contributed by atoms with van der Waals surface area (Å²) in [5.74, 6) is -2.50. The predicted molar refractivity (Wildman–Crippen MR) is 70.5 cm³/mol. The van der Waals surface area contributed by atoms with Crippen LogP contribution in [0.2, 0.25) is 0 Å². The van der Waals surface area contributed by atoms with Crippen molar-refractivity contribution in [3.8, 4) is 0 Å². The zero-order chi connectivity index (χ0) is 13.7. The van der Waals surface area contributed by atoms with Gasteiger partial charge in [-0.2, -0.15) is 0 Å². The van der Waals surface area contributed by atoms with Crippen LogP contribution in [0.3, 0.4) is 0 Å². The van der Waals surface area contributed by atoms with Crippen molar-refractivity contribution in [2.45, 2.75) is 18.6 Å². The summed E-state index contributed by atoms with van der Waals surface area (Å²) in [6.45, 7) is 0.158. The van der Waals surface area contributed by atoms with E-state index in [2.05, 4.69) is 5.32 Å². The van der Waals surface area contributed by atoms with Crippen LogP contribution < -0.4 is 11.1 Å². The van der Waals surface area contributed by atoms with E-state index in [1.807, 2.05) is 30.3 Å². The lowest BCUT2D eigenvalue weighted by Gasteiger charge is -2.27. The summed E-state index contributed by atoms with van der Waals surface area (Å²) in [6.07, 6.45) is -2.39. The second-order valence-corrected chi connectivity index (χ2v) is 4.28. The van der Waals surface area contributed by atoms with Crippen LogP contribution in [0.1, 0.15) is 11.1 Å². The first-order valence-corrected chi connectivity index (χ1v) is 6.01. The van der Waals surface area contributed by atoms with Crippen LogP contribution >= 0.6 is 0 Å². The van der Waals surface area contributed by atoms with Crippen molar-refractivity contribution in [1.82, 2.24) is 11.1 Å². The van der Waals surface area contributed by atoms with Gasteiger partial charge in [0.05, 0.1) is 0 Å². The average molecular weight is 261 g/mol. The molecule has 0 fully saturated rings. The Morgan fingerprint density at radius 1 is 1.00 bits per heavy atom. The fourth-order valence-corrected chi connectivity index (χ4v) is 1.85. The van der Waals surface area contributed by atoms with Gasteiger partial charge in [-0.15, -0.1) is 0 Å². The maximum Gasteiger partial charge on any atom is 0.233 e. The summed E-state index contributed by atoms with van der Waals surface area (Å²) in [5, 5.41) is 2.50. The van der Waals surface area contributed by atoms with Gasteiger partial charge in [-0.25, -0.2) is 14.5 Å². The number of nitrogens with one attached hydrogen (secondary N) is 2. The Kier molecular flexibility index (Phi) is 4.24. The molecule has 0 aliphatic carbocycles. The smallest absolute Gasteiger partial charge is 0.233 e. The third-order valence-corrected chi connectivity index (χ3v) is 2.94. The van der Waals surface area contributed by atoms with E-state index in [0.717, 1.165) is 5.56 Å². The van der Waals surface area contributed by atoms with Gasteiger partial charge in [-0.3, -0.25) is 5.32 Å². The summed E-state index contributed by atoms with van der Waals surface area (Å²) in [7, 11) is 0. The minimum Gasteiger partial charge on any atom is -0.274 e. The first-order valence-electron chi connectivity index (χ1n) is 6.01. The van der Waals surface area contributed by atoms with E-state index in [-0.39, 0.29) is 12.1 Å². The van der Waals surface area contributed by atoms with Gasteiger partial charge in [0.15, 0.2) is 0 Å². The van der Waals surface area contributed by atoms with Crippen molar-refractivity contribution < 1.29 is 8.78 Å². The van der Waals surface area contributed by atoms with E-state index in [9.17, 15) is 8.78 Å². The fraction of sp³-hybridized carbons (Fsp3) is 0.200. The lowest BCUT2D eigenvalue weighted by atomic mass is 10.0. The minimum absolute atomic E-state index is 0.119. The highest BCUT2D eigenvalue weighted by atomic mass is 19.2. The molecule has 0 aliphatic rings. The Morgan fingerprint density at radius 2 is 1.53 bits per heavy atom. The molecule has 0 heterocycles. The molecule has 0 aliphatic heterocycles. The molecule has 4 heteroatoms. The highest BCUT2D eigenvalue weighted by Gasteiger charge is 2.39. The number of benzene rings is 2. The highest BCUT2D eigenvalue weighted by molar-refractivity contribution is 5.23. The molecule has 2 atom stereocenters. The summed E-state index contributed by atoms with van der Waals surface area (Å²) in [4.78, 5) is 0. The summed E-state index contributed by atoms with van der Waals surface area (Å²) < 4.78 is 28.0. The number of hydrogen-bond acceptors (Lipinski definition) is 1. The molecule has 1 radical (unpaired) electrons. The topological polar surface area (TPSA) is 35.8 Å². The predicted octanol–water partition coefficient (Wildman–Crippen LogP) is 3.18. The van der Waals surface area contributed by atoms with Gasteiger partial charge < -0.3 is 0 Å². The molecule has 2 unspecified atom stereocenters. The monoisotopic (exact) mass is 261 g/mol. The lowest BCUT2D eigenvalue weighted by molar-refractivity contribution is 0.00941. The van der Waals surface area contributed by atoms with Crippen molar-refractivity contribution in [1.29, 1.82) is 0 Å². The second kappa shape index (κ2) is 5.91. The number of hydrogen-bond donors (Lipinski definition) is 1. The first-order chi connectivity index (χ1) is 9.13. The highest BCUT2D eigenvalue weighted by Crippen LogP contribution is 2.27. The van der Waals surface area contributed by atoms with E-state index >= 15 is 0 Å². The zero-order valence-electron chi connectivity index (χ0n) is 10.3. The summed E-state index contributed by atoms with van der Waals surface area (Å²) >= 11 is 0. The third kappa shape index (κ3) is 3.16. The Balaban J connectivity index is 2.17. The first kappa shape index (κ1) is 13.6. The van der Waals surface area contributed by atoms with Gasteiger partial charge in [-0.05, 0) is 5.56 Å². The second-order valence-electron chi connectivity index (χ2n) is 4.28. The van der Waals surface area contributed by atoms with E-state index in [1.54, 1.807) is 18.2 Å². The Labute approximate surface area is 111 Å². The van der Waals surface area contributed by atoms with Crippen molar-refractivity contribution in [3.63, 3.8) is 0 Å². The normalized spacial score (nSPS) is 15.7. The molecule has 2 aromatic rings. The Bertz CT molecular complexity index is 502. The van der Waals surface area contributed by atoms with Gasteiger partial charge >= 0.3 is 0 Å². The molecule has 0 aromatic heterocycles. The summed E-state index contributed by atoms with van der Waals surface area (Å²) in [5.41, 5.74) is 8.08. The van der Waals surface area contributed by atoms with Gasteiger partial charge in [-0.1, -0.05) is 60.7 Å². The minimum atomic E-state index is -2.50. The van der Waals surface area contributed by atoms with E-state index in [4.69, 9.17) is 5.73 Å². The van der Waals surface area contributed by atoms with Crippen molar-refractivity contribution in [2.75, 3.05) is 0 Å². The largest absolute Gasteiger partial charge is 0.274 e. The molecule has 2 N–H and O–H groups in total. The quantitative estimate of drug-likeness (QED) is 0.824. The maximum atomic E-state index is 14.7. The third-order valence-electron chi connectivity index (χ3n) is 2.94. The van der Waals surface area contributed by atoms with Gasteiger partial charge in [0.25, 0.3) is 0 Å².